The minimum absolute atomic E-state index is 0.0942. The molecule has 0 saturated carbocycles. The minimum Gasteiger partial charge on any atom is -0.493 e. The highest BCUT2D eigenvalue weighted by atomic mass is 16.5. The molecule has 6 heteroatoms. The van der Waals surface area contributed by atoms with Crippen LogP contribution in [0.25, 0.3) is 0 Å². The van der Waals surface area contributed by atoms with E-state index in [0.29, 0.717) is 11.5 Å². The van der Waals surface area contributed by atoms with Crippen molar-refractivity contribution in [3.63, 3.8) is 0 Å². The van der Waals surface area contributed by atoms with Gasteiger partial charge in [0.1, 0.15) is 0 Å². The predicted molar refractivity (Wildman–Crippen MR) is 114 cm³/mol. The first-order chi connectivity index (χ1) is 14.2. The lowest BCUT2D eigenvalue weighted by atomic mass is 10.1. The van der Waals surface area contributed by atoms with Crippen molar-refractivity contribution in [2.75, 3.05) is 45.3 Å². The minimum atomic E-state index is -0.211. The largest absolute Gasteiger partial charge is 0.493 e. The molecule has 154 valence electrons. The number of para-hydroxylation sites is 1. The number of ether oxygens (including phenoxy) is 3. The van der Waals surface area contributed by atoms with Gasteiger partial charge in [-0.1, -0.05) is 30.3 Å². The van der Waals surface area contributed by atoms with Crippen molar-refractivity contribution in [3.8, 4) is 11.5 Å². The Kier molecular flexibility index (Phi) is 7.67. The topological polar surface area (TPSA) is 60.0 Å². The van der Waals surface area contributed by atoms with Crippen molar-refractivity contribution in [2.45, 2.75) is 13.0 Å². The van der Waals surface area contributed by atoms with Gasteiger partial charge in [-0.3, -0.25) is 9.69 Å². The molecule has 0 atom stereocenters. The zero-order valence-electron chi connectivity index (χ0n) is 16.9. The second-order valence-corrected chi connectivity index (χ2v) is 6.86. The van der Waals surface area contributed by atoms with E-state index in [2.05, 4.69) is 16.8 Å². The van der Waals surface area contributed by atoms with Crippen molar-refractivity contribution < 1.29 is 19.0 Å². The number of nitrogens with zero attached hydrogens (tertiary/aromatic N) is 1. The molecule has 1 aliphatic rings. The van der Waals surface area contributed by atoms with Crippen LogP contribution >= 0.6 is 0 Å². The number of carbonyl (C=O) groups excluding carboxylic acids is 1. The number of anilines is 1. The van der Waals surface area contributed by atoms with E-state index >= 15 is 0 Å². The van der Waals surface area contributed by atoms with Crippen LogP contribution in [-0.2, 0) is 22.5 Å². The van der Waals surface area contributed by atoms with Crippen LogP contribution in [0.15, 0.2) is 55.1 Å². The summed E-state index contributed by atoms with van der Waals surface area (Å²) in [5.74, 6) is 0.929. The Morgan fingerprint density at radius 1 is 1.21 bits per heavy atom. The summed E-state index contributed by atoms with van der Waals surface area (Å²) in [6.07, 6.45) is 2.58. The average molecular weight is 396 g/mol. The molecule has 6 nitrogen and oxygen atoms in total. The monoisotopic (exact) mass is 396 g/mol. The standard InChI is InChI=1S/C23H28N2O4/c1-3-6-18-9-10-21(22(15-18)27-2)29-17-23(26)24-20-8-5-4-7-19(20)16-25-11-13-28-14-12-25/h3-5,7-10,15H,1,6,11-14,16-17H2,2H3,(H,24,26). The molecule has 1 amide bonds. The fraction of sp³-hybridized carbons (Fsp3) is 0.348. The number of methoxy groups -OCH3 is 1. The quantitative estimate of drug-likeness (QED) is 0.659. The highest BCUT2D eigenvalue weighted by molar-refractivity contribution is 5.92. The van der Waals surface area contributed by atoms with Gasteiger partial charge >= 0.3 is 0 Å². The number of hydrogen-bond donors (Lipinski definition) is 1. The van der Waals surface area contributed by atoms with E-state index in [-0.39, 0.29) is 12.5 Å². The fourth-order valence-corrected chi connectivity index (χ4v) is 3.23. The molecule has 1 heterocycles. The predicted octanol–water partition coefficient (Wildman–Crippen LogP) is 3.27. The Balaban J connectivity index is 1.59. The van der Waals surface area contributed by atoms with E-state index in [1.165, 1.54) is 0 Å². The third kappa shape index (κ3) is 6.07. The van der Waals surface area contributed by atoms with Gasteiger partial charge in [-0.05, 0) is 35.7 Å². The lowest BCUT2D eigenvalue weighted by molar-refractivity contribution is -0.118. The van der Waals surface area contributed by atoms with Crippen molar-refractivity contribution in [3.05, 3.63) is 66.2 Å². The van der Waals surface area contributed by atoms with Crippen LogP contribution < -0.4 is 14.8 Å². The molecule has 0 bridgehead atoms. The number of nitrogens with one attached hydrogen (secondary N) is 1. The third-order valence-corrected chi connectivity index (χ3v) is 4.76. The van der Waals surface area contributed by atoms with Crippen molar-refractivity contribution in [2.24, 2.45) is 0 Å². The Labute approximate surface area is 172 Å². The SMILES string of the molecule is C=CCc1ccc(OCC(=O)Nc2ccccc2CN2CCOCC2)c(OC)c1. The smallest absolute Gasteiger partial charge is 0.262 e. The highest BCUT2D eigenvalue weighted by Crippen LogP contribution is 2.28. The van der Waals surface area contributed by atoms with Crippen LogP contribution in [0.5, 0.6) is 11.5 Å². The van der Waals surface area contributed by atoms with E-state index in [1.54, 1.807) is 7.11 Å². The number of hydrogen-bond acceptors (Lipinski definition) is 5. The maximum Gasteiger partial charge on any atom is 0.262 e. The van der Waals surface area contributed by atoms with Crippen LogP contribution in [0.1, 0.15) is 11.1 Å². The van der Waals surface area contributed by atoms with Crippen LogP contribution in [0.2, 0.25) is 0 Å². The normalized spacial score (nSPS) is 14.2. The first kappa shape index (κ1) is 20.9. The Hall–Kier alpha value is -2.83. The fourth-order valence-electron chi connectivity index (χ4n) is 3.23. The summed E-state index contributed by atoms with van der Waals surface area (Å²) in [6, 6.07) is 13.5. The first-order valence-corrected chi connectivity index (χ1v) is 9.78. The first-order valence-electron chi connectivity index (χ1n) is 9.78. The van der Waals surface area contributed by atoms with Crippen molar-refractivity contribution in [1.82, 2.24) is 4.90 Å². The highest BCUT2D eigenvalue weighted by Gasteiger charge is 2.14. The van der Waals surface area contributed by atoms with E-state index in [4.69, 9.17) is 14.2 Å². The lowest BCUT2D eigenvalue weighted by Gasteiger charge is -2.27. The molecular formula is C23H28N2O4. The zero-order chi connectivity index (χ0) is 20.5. The molecule has 2 aromatic carbocycles. The molecule has 0 aliphatic carbocycles. The lowest BCUT2D eigenvalue weighted by Crippen LogP contribution is -2.36. The maximum absolute atomic E-state index is 12.5. The van der Waals surface area contributed by atoms with E-state index in [9.17, 15) is 4.79 Å². The van der Waals surface area contributed by atoms with Gasteiger partial charge in [0.2, 0.25) is 0 Å². The summed E-state index contributed by atoms with van der Waals surface area (Å²) in [5, 5.41) is 2.96. The summed E-state index contributed by atoms with van der Waals surface area (Å²) in [7, 11) is 1.59. The van der Waals surface area contributed by atoms with Gasteiger partial charge in [0.25, 0.3) is 5.91 Å². The van der Waals surface area contributed by atoms with Gasteiger partial charge in [0.15, 0.2) is 18.1 Å². The molecule has 2 aromatic rings. The van der Waals surface area contributed by atoms with Crippen molar-refractivity contribution in [1.29, 1.82) is 0 Å². The molecule has 0 radical (unpaired) electrons. The van der Waals surface area contributed by atoms with Gasteiger partial charge in [0.05, 0.1) is 20.3 Å². The van der Waals surface area contributed by atoms with E-state index < -0.39 is 0 Å². The molecule has 3 rings (SSSR count). The third-order valence-electron chi connectivity index (χ3n) is 4.76. The number of amides is 1. The molecule has 0 spiro atoms. The molecule has 0 unspecified atom stereocenters. The molecular weight excluding hydrogens is 368 g/mol. The number of allylic oxidation sites excluding steroid dienone is 1. The van der Waals surface area contributed by atoms with E-state index in [1.807, 2.05) is 48.5 Å². The van der Waals surface area contributed by atoms with Crippen LogP contribution in [0, 0.1) is 0 Å². The van der Waals surface area contributed by atoms with Gasteiger partial charge in [0, 0.05) is 25.3 Å². The second kappa shape index (κ2) is 10.6. The van der Waals surface area contributed by atoms with Gasteiger partial charge in [-0.15, -0.1) is 6.58 Å². The van der Waals surface area contributed by atoms with Crippen LogP contribution in [0.4, 0.5) is 5.69 Å². The zero-order valence-corrected chi connectivity index (χ0v) is 16.9. The second-order valence-electron chi connectivity index (χ2n) is 6.86. The van der Waals surface area contributed by atoms with Crippen LogP contribution in [-0.4, -0.2) is 50.8 Å². The molecule has 1 saturated heterocycles. The number of morpholine rings is 1. The average Bonchev–Trinajstić information content (AvgIpc) is 2.75. The van der Waals surface area contributed by atoms with Crippen LogP contribution in [0.3, 0.4) is 0 Å². The maximum atomic E-state index is 12.5. The van der Waals surface area contributed by atoms with E-state index in [0.717, 1.165) is 56.1 Å². The summed E-state index contributed by atoms with van der Waals surface area (Å²) in [4.78, 5) is 14.8. The van der Waals surface area contributed by atoms with Gasteiger partial charge < -0.3 is 19.5 Å². The van der Waals surface area contributed by atoms with Gasteiger partial charge in [-0.2, -0.15) is 0 Å². The summed E-state index contributed by atoms with van der Waals surface area (Å²) >= 11 is 0. The molecule has 0 aromatic heterocycles. The molecule has 1 fully saturated rings. The Morgan fingerprint density at radius 2 is 2.00 bits per heavy atom. The summed E-state index contributed by atoms with van der Waals surface area (Å²) in [6.45, 7) is 7.71. The summed E-state index contributed by atoms with van der Waals surface area (Å²) < 4.78 is 16.5. The Morgan fingerprint density at radius 3 is 2.76 bits per heavy atom. The number of benzene rings is 2. The molecule has 29 heavy (non-hydrogen) atoms. The number of carbonyl (C=O) groups is 1. The molecule has 1 aliphatic heterocycles. The number of rotatable bonds is 9. The van der Waals surface area contributed by atoms with Crippen molar-refractivity contribution >= 4 is 11.6 Å². The Bertz CT molecular complexity index is 831. The van der Waals surface area contributed by atoms with Gasteiger partial charge in [-0.25, -0.2) is 0 Å². The summed E-state index contributed by atoms with van der Waals surface area (Å²) in [5.41, 5.74) is 2.96. The molecule has 1 N–H and O–H groups in total.